The fourth-order valence-electron chi connectivity index (χ4n) is 2.77. The predicted molar refractivity (Wildman–Crippen MR) is 120 cm³/mol. The van der Waals surface area contributed by atoms with E-state index in [1.165, 1.54) is 17.4 Å². The van der Waals surface area contributed by atoms with Gasteiger partial charge in [-0.05, 0) is 43.4 Å². The lowest BCUT2D eigenvalue weighted by Gasteiger charge is -2.08. The van der Waals surface area contributed by atoms with E-state index in [0.717, 1.165) is 29.1 Å². The number of carbonyl (C=O) groups is 2. The van der Waals surface area contributed by atoms with Crippen LogP contribution in [0.3, 0.4) is 0 Å². The molecule has 4 rings (SSSR count). The molecule has 0 unspecified atom stereocenters. The Kier molecular flexibility index (Phi) is 6.25. The monoisotopic (exact) mass is 439 g/mol. The van der Waals surface area contributed by atoms with Crippen LogP contribution in [-0.2, 0) is 11.4 Å². The molecule has 1 aromatic carbocycles. The van der Waals surface area contributed by atoms with E-state index in [1.54, 1.807) is 28.9 Å². The standard InChI is InChI=1S/C22H21N3O3S2/c1-14-23-17(13-30-14)12-28-19-5-3-2-4-15(19)6-9-20(26)25-22-18(10-11-29-22)21(27)24-16-7-8-16/h2-6,9-11,13,16H,7-8,12H2,1H3,(H,24,27)(H,25,26). The number of para-hydroxylation sites is 1. The lowest BCUT2D eigenvalue weighted by molar-refractivity contribution is -0.111. The quantitative estimate of drug-likeness (QED) is 0.501. The van der Waals surface area contributed by atoms with Crippen molar-refractivity contribution >= 4 is 45.6 Å². The molecule has 0 aliphatic heterocycles. The van der Waals surface area contributed by atoms with Gasteiger partial charge < -0.3 is 15.4 Å². The first-order valence-electron chi connectivity index (χ1n) is 9.59. The number of hydrogen-bond donors (Lipinski definition) is 2. The number of hydrogen-bond acceptors (Lipinski definition) is 6. The number of nitrogens with zero attached hydrogens (tertiary/aromatic N) is 1. The first-order chi connectivity index (χ1) is 14.6. The van der Waals surface area contributed by atoms with Crippen LogP contribution in [0.25, 0.3) is 6.08 Å². The van der Waals surface area contributed by atoms with Crippen molar-refractivity contribution in [2.24, 2.45) is 0 Å². The van der Waals surface area contributed by atoms with E-state index in [9.17, 15) is 9.59 Å². The van der Waals surface area contributed by atoms with Gasteiger partial charge in [0.05, 0.1) is 16.3 Å². The van der Waals surface area contributed by atoms with Crippen molar-refractivity contribution < 1.29 is 14.3 Å². The highest BCUT2D eigenvalue weighted by Crippen LogP contribution is 2.26. The Morgan fingerprint density at radius 2 is 2.07 bits per heavy atom. The van der Waals surface area contributed by atoms with Gasteiger partial charge in [-0.2, -0.15) is 0 Å². The van der Waals surface area contributed by atoms with Gasteiger partial charge in [0, 0.05) is 23.1 Å². The first-order valence-corrected chi connectivity index (χ1v) is 11.3. The fourth-order valence-corrected chi connectivity index (χ4v) is 4.16. The Balaban J connectivity index is 1.38. The lowest BCUT2D eigenvalue weighted by Crippen LogP contribution is -2.26. The molecule has 1 aliphatic rings. The summed E-state index contributed by atoms with van der Waals surface area (Å²) < 4.78 is 5.88. The Morgan fingerprint density at radius 3 is 2.83 bits per heavy atom. The number of amides is 2. The third kappa shape index (κ3) is 5.34. The molecule has 1 fully saturated rings. The van der Waals surface area contributed by atoms with Crippen LogP contribution in [0, 0.1) is 6.92 Å². The van der Waals surface area contributed by atoms with Crippen molar-refractivity contribution in [2.45, 2.75) is 32.4 Å². The second kappa shape index (κ2) is 9.23. The topological polar surface area (TPSA) is 80.3 Å². The molecule has 2 N–H and O–H groups in total. The number of aryl methyl sites for hydroxylation is 1. The van der Waals surface area contributed by atoms with Gasteiger partial charge >= 0.3 is 0 Å². The SMILES string of the molecule is Cc1nc(COc2ccccc2C=CC(=O)Nc2sccc2C(=O)NC2CC2)cs1. The number of thiazole rings is 1. The van der Waals surface area contributed by atoms with Gasteiger partial charge in [0.2, 0.25) is 5.91 Å². The average molecular weight is 440 g/mol. The lowest BCUT2D eigenvalue weighted by atomic mass is 10.2. The number of anilines is 1. The van der Waals surface area contributed by atoms with Gasteiger partial charge in [0.15, 0.2) is 0 Å². The van der Waals surface area contributed by atoms with Crippen LogP contribution >= 0.6 is 22.7 Å². The number of aromatic nitrogens is 1. The van der Waals surface area contributed by atoms with E-state index in [-0.39, 0.29) is 17.9 Å². The molecule has 1 aliphatic carbocycles. The number of ether oxygens (including phenoxy) is 1. The third-order valence-electron chi connectivity index (χ3n) is 4.43. The van der Waals surface area contributed by atoms with Gasteiger partial charge in [-0.1, -0.05) is 18.2 Å². The van der Waals surface area contributed by atoms with Gasteiger partial charge in [-0.3, -0.25) is 9.59 Å². The van der Waals surface area contributed by atoms with Gasteiger partial charge in [-0.15, -0.1) is 22.7 Å². The predicted octanol–water partition coefficient (Wildman–Crippen LogP) is 4.64. The molecule has 6 nitrogen and oxygen atoms in total. The molecule has 1 saturated carbocycles. The van der Waals surface area contributed by atoms with Crippen molar-refractivity contribution in [3.8, 4) is 5.75 Å². The normalized spacial score (nSPS) is 13.4. The summed E-state index contributed by atoms with van der Waals surface area (Å²) in [4.78, 5) is 29.1. The van der Waals surface area contributed by atoms with Gasteiger partial charge in [0.25, 0.3) is 5.91 Å². The molecule has 2 amide bonds. The zero-order valence-electron chi connectivity index (χ0n) is 16.4. The maximum Gasteiger partial charge on any atom is 0.254 e. The van der Waals surface area contributed by atoms with E-state index in [0.29, 0.717) is 22.9 Å². The largest absolute Gasteiger partial charge is 0.487 e. The minimum Gasteiger partial charge on any atom is -0.487 e. The first kappa shape index (κ1) is 20.3. The highest BCUT2D eigenvalue weighted by atomic mass is 32.1. The summed E-state index contributed by atoms with van der Waals surface area (Å²) in [6.45, 7) is 2.33. The zero-order valence-corrected chi connectivity index (χ0v) is 18.0. The Morgan fingerprint density at radius 1 is 1.23 bits per heavy atom. The minimum atomic E-state index is -0.303. The van der Waals surface area contributed by atoms with Gasteiger partial charge in [0.1, 0.15) is 17.4 Å². The summed E-state index contributed by atoms with van der Waals surface area (Å²) in [6.07, 6.45) is 5.18. The fraction of sp³-hybridized carbons (Fsp3) is 0.227. The number of carbonyl (C=O) groups excluding carboxylic acids is 2. The highest BCUT2D eigenvalue weighted by molar-refractivity contribution is 7.14. The molecular formula is C22H21N3O3S2. The molecule has 30 heavy (non-hydrogen) atoms. The van der Waals surface area contributed by atoms with Crippen molar-refractivity contribution in [1.82, 2.24) is 10.3 Å². The summed E-state index contributed by atoms with van der Waals surface area (Å²) in [5, 5.41) is 11.1. The van der Waals surface area contributed by atoms with Crippen molar-refractivity contribution in [2.75, 3.05) is 5.32 Å². The molecule has 8 heteroatoms. The second-order valence-electron chi connectivity index (χ2n) is 6.92. The number of rotatable bonds is 8. The maximum absolute atomic E-state index is 12.4. The molecule has 0 saturated heterocycles. The summed E-state index contributed by atoms with van der Waals surface area (Å²) in [7, 11) is 0. The Hall–Kier alpha value is -2.97. The summed E-state index contributed by atoms with van der Waals surface area (Å²) >= 11 is 2.91. The zero-order chi connectivity index (χ0) is 20.9. The molecular weight excluding hydrogens is 418 g/mol. The van der Waals surface area contributed by atoms with E-state index in [2.05, 4.69) is 15.6 Å². The van der Waals surface area contributed by atoms with Crippen LogP contribution in [0.2, 0.25) is 0 Å². The van der Waals surface area contributed by atoms with Crippen LogP contribution < -0.4 is 15.4 Å². The number of thiophene rings is 1. The van der Waals surface area contributed by atoms with Crippen LogP contribution in [0.5, 0.6) is 5.75 Å². The van der Waals surface area contributed by atoms with Crippen LogP contribution in [0.4, 0.5) is 5.00 Å². The molecule has 0 spiro atoms. The second-order valence-corrected chi connectivity index (χ2v) is 8.90. The summed E-state index contributed by atoms with van der Waals surface area (Å²) in [5.41, 5.74) is 2.16. The molecule has 0 radical (unpaired) electrons. The number of benzene rings is 1. The Bertz CT molecular complexity index is 1080. The Labute approximate surface area is 182 Å². The summed E-state index contributed by atoms with van der Waals surface area (Å²) in [6, 6.07) is 9.50. The van der Waals surface area contributed by atoms with Crippen LogP contribution in [0.1, 0.15) is 39.5 Å². The van der Waals surface area contributed by atoms with Crippen LogP contribution in [0.15, 0.2) is 47.2 Å². The van der Waals surface area contributed by atoms with E-state index >= 15 is 0 Å². The van der Waals surface area contributed by atoms with Crippen molar-refractivity contribution in [3.63, 3.8) is 0 Å². The van der Waals surface area contributed by atoms with E-state index < -0.39 is 0 Å². The van der Waals surface area contributed by atoms with Crippen molar-refractivity contribution in [3.05, 3.63) is 69.0 Å². The van der Waals surface area contributed by atoms with E-state index in [1.807, 2.05) is 36.6 Å². The summed E-state index contributed by atoms with van der Waals surface area (Å²) in [5.74, 6) is 0.227. The third-order valence-corrected chi connectivity index (χ3v) is 6.09. The minimum absolute atomic E-state index is 0.144. The molecule has 154 valence electrons. The molecule has 2 aromatic heterocycles. The van der Waals surface area contributed by atoms with E-state index in [4.69, 9.17) is 4.74 Å². The maximum atomic E-state index is 12.4. The average Bonchev–Trinajstić information content (AvgIpc) is 3.26. The highest BCUT2D eigenvalue weighted by Gasteiger charge is 2.25. The molecule has 3 aromatic rings. The molecule has 0 bridgehead atoms. The van der Waals surface area contributed by atoms with Gasteiger partial charge in [-0.25, -0.2) is 4.98 Å². The molecule has 2 heterocycles. The van der Waals surface area contributed by atoms with Crippen LogP contribution in [-0.4, -0.2) is 22.8 Å². The molecule has 0 atom stereocenters. The number of nitrogens with one attached hydrogen (secondary N) is 2. The smallest absolute Gasteiger partial charge is 0.254 e. The van der Waals surface area contributed by atoms with Crippen molar-refractivity contribution in [1.29, 1.82) is 0 Å².